The first-order chi connectivity index (χ1) is 14.0. The smallest absolute Gasteiger partial charge is 0.326 e. The second-order valence-corrected chi connectivity index (χ2v) is 6.88. The van der Waals surface area contributed by atoms with Gasteiger partial charge in [-0.1, -0.05) is 23.5 Å². The van der Waals surface area contributed by atoms with E-state index in [0.29, 0.717) is 10.4 Å². The molecule has 8 nitrogen and oxygen atoms in total. The van der Waals surface area contributed by atoms with E-state index >= 15 is 0 Å². The number of aromatic nitrogens is 1. The zero-order chi connectivity index (χ0) is 20.8. The number of non-ortho nitro benzene ring substituents is 1. The number of nitro groups is 1. The van der Waals surface area contributed by atoms with Gasteiger partial charge in [-0.3, -0.25) is 19.7 Å². The molecular weight excluding hydrogens is 394 g/mol. The van der Waals surface area contributed by atoms with Gasteiger partial charge in [-0.2, -0.15) is 4.99 Å². The molecule has 0 radical (unpaired) electrons. The summed E-state index contributed by atoms with van der Waals surface area (Å²) in [7, 11) is 0. The lowest BCUT2D eigenvalue weighted by Crippen LogP contribution is -2.22. The van der Waals surface area contributed by atoms with Crippen LogP contribution in [0.2, 0.25) is 0 Å². The molecule has 0 fully saturated rings. The molecule has 3 aromatic rings. The molecule has 0 atom stereocenters. The molecule has 0 aliphatic carbocycles. The molecule has 1 aromatic heterocycles. The molecule has 0 aliphatic rings. The van der Waals surface area contributed by atoms with Gasteiger partial charge in [0.1, 0.15) is 6.54 Å². The third kappa shape index (κ3) is 5.02. The Balaban J connectivity index is 1.89. The fourth-order valence-corrected chi connectivity index (χ4v) is 3.64. The van der Waals surface area contributed by atoms with Gasteiger partial charge in [-0.25, -0.2) is 0 Å². The summed E-state index contributed by atoms with van der Waals surface area (Å²) in [5, 5.41) is 10.7. The summed E-state index contributed by atoms with van der Waals surface area (Å²) in [5.74, 6) is -0.918. The number of fused-ring (bicyclic) bond motifs is 1. The lowest BCUT2D eigenvalue weighted by Gasteiger charge is -2.04. The van der Waals surface area contributed by atoms with E-state index in [2.05, 4.69) is 4.99 Å². The van der Waals surface area contributed by atoms with Crippen molar-refractivity contribution in [2.45, 2.75) is 13.5 Å². The van der Waals surface area contributed by atoms with Gasteiger partial charge < -0.3 is 9.30 Å². The topological polar surface area (TPSA) is 104 Å². The van der Waals surface area contributed by atoms with Crippen molar-refractivity contribution in [3.63, 3.8) is 0 Å². The van der Waals surface area contributed by atoms with Gasteiger partial charge in [0.2, 0.25) is 0 Å². The van der Waals surface area contributed by atoms with E-state index < -0.39 is 16.8 Å². The quantitative estimate of drug-likeness (QED) is 0.268. The van der Waals surface area contributed by atoms with Crippen molar-refractivity contribution in [2.24, 2.45) is 4.99 Å². The second kappa shape index (κ2) is 9.07. The third-order valence-electron chi connectivity index (χ3n) is 3.91. The van der Waals surface area contributed by atoms with Crippen LogP contribution in [0.25, 0.3) is 16.3 Å². The maximum Gasteiger partial charge on any atom is 0.326 e. The van der Waals surface area contributed by atoms with Crippen LogP contribution in [-0.4, -0.2) is 28.0 Å². The Morgan fingerprint density at radius 2 is 1.93 bits per heavy atom. The van der Waals surface area contributed by atoms with Crippen LogP contribution in [0.3, 0.4) is 0 Å². The maximum absolute atomic E-state index is 12.3. The molecule has 1 heterocycles. The van der Waals surface area contributed by atoms with Crippen molar-refractivity contribution in [3.05, 3.63) is 75.1 Å². The number of amides is 1. The molecule has 0 saturated carbocycles. The number of benzene rings is 2. The molecule has 9 heteroatoms. The molecule has 2 aromatic carbocycles. The number of carbonyl (C=O) groups is 2. The Bertz CT molecular complexity index is 1160. The lowest BCUT2D eigenvalue weighted by atomic mass is 10.2. The van der Waals surface area contributed by atoms with E-state index in [-0.39, 0.29) is 18.8 Å². The average molecular weight is 411 g/mol. The number of carbonyl (C=O) groups excluding carboxylic acids is 2. The number of thiazole rings is 1. The number of ether oxygens (including phenoxy) is 1. The lowest BCUT2D eigenvalue weighted by molar-refractivity contribution is -0.384. The molecule has 0 saturated heterocycles. The van der Waals surface area contributed by atoms with Gasteiger partial charge in [-0.05, 0) is 42.8 Å². The summed E-state index contributed by atoms with van der Waals surface area (Å²) in [6.07, 6.45) is 2.80. The Morgan fingerprint density at radius 1 is 1.21 bits per heavy atom. The third-order valence-corrected chi connectivity index (χ3v) is 4.97. The Labute approximate surface area is 169 Å². The van der Waals surface area contributed by atoms with Crippen molar-refractivity contribution >= 4 is 45.2 Å². The summed E-state index contributed by atoms with van der Waals surface area (Å²) >= 11 is 1.30. The first-order valence-corrected chi connectivity index (χ1v) is 9.55. The van der Waals surface area contributed by atoms with E-state index in [1.807, 2.05) is 24.3 Å². The van der Waals surface area contributed by atoms with Crippen molar-refractivity contribution < 1.29 is 19.2 Å². The Kier molecular flexibility index (Phi) is 6.30. The van der Waals surface area contributed by atoms with Crippen molar-refractivity contribution in [1.82, 2.24) is 4.57 Å². The second-order valence-electron chi connectivity index (χ2n) is 5.88. The summed E-state index contributed by atoms with van der Waals surface area (Å²) in [5.41, 5.74) is 1.40. The molecule has 0 unspecified atom stereocenters. The molecule has 0 aliphatic heterocycles. The van der Waals surface area contributed by atoms with Crippen LogP contribution >= 0.6 is 11.3 Å². The number of hydrogen-bond acceptors (Lipinski definition) is 6. The van der Waals surface area contributed by atoms with Gasteiger partial charge in [0.05, 0.1) is 21.7 Å². The van der Waals surface area contributed by atoms with Crippen LogP contribution < -0.4 is 4.80 Å². The SMILES string of the molecule is CCOC(=O)Cn1c(=NC(=O)C=Cc2ccc([N+](=O)[O-])cc2)sc2ccccc21. The molecule has 3 rings (SSSR count). The predicted octanol–water partition coefficient (Wildman–Crippen LogP) is 3.31. The minimum atomic E-state index is -0.507. The van der Waals surface area contributed by atoms with E-state index in [0.717, 1.165) is 10.2 Å². The number of hydrogen-bond donors (Lipinski definition) is 0. The van der Waals surface area contributed by atoms with Gasteiger partial charge in [0, 0.05) is 18.2 Å². The van der Waals surface area contributed by atoms with Gasteiger partial charge in [-0.15, -0.1) is 0 Å². The normalized spacial score (nSPS) is 11.8. The van der Waals surface area contributed by atoms with Gasteiger partial charge in [0.15, 0.2) is 4.80 Å². The van der Waals surface area contributed by atoms with E-state index in [9.17, 15) is 19.7 Å². The minimum absolute atomic E-state index is 0.0246. The maximum atomic E-state index is 12.3. The monoisotopic (exact) mass is 411 g/mol. The van der Waals surface area contributed by atoms with Crippen LogP contribution in [0.1, 0.15) is 12.5 Å². The highest BCUT2D eigenvalue weighted by atomic mass is 32.1. The fraction of sp³-hybridized carbons (Fsp3) is 0.150. The van der Waals surface area contributed by atoms with Crippen LogP contribution in [0.5, 0.6) is 0 Å². The van der Waals surface area contributed by atoms with Crippen molar-refractivity contribution in [2.75, 3.05) is 6.61 Å². The largest absolute Gasteiger partial charge is 0.465 e. The van der Waals surface area contributed by atoms with Gasteiger partial charge in [0.25, 0.3) is 11.6 Å². The summed E-state index contributed by atoms with van der Waals surface area (Å²) < 4.78 is 7.55. The van der Waals surface area contributed by atoms with Crippen molar-refractivity contribution in [3.8, 4) is 0 Å². The molecular formula is C20H17N3O5S. The van der Waals surface area contributed by atoms with Crippen LogP contribution in [0, 0.1) is 10.1 Å². The molecule has 0 spiro atoms. The predicted molar refractivity (Wildman–Crippen MR) is 109 cm³/mol. The highest BCUT2D eigenvalue weighted by Crippen LogP contribution is 2.17. The molecule has 29 heavy (non-hydrogen) atoms. The number of nitro benzene ring substituents is 1. The van der Waals surface area contributed by atoms with E-state index in [1.54, 1.807) is 23.6 Å². The molecule has 0 bridgehead atoms. The van der Waals surface area contributed by atoms with E-state index in [4.69, 9.17) is 4.74 Å². The van der Waals surface area contributed by atoms with Crippen LogP contribution in [-0.2, 0) is 20.9 Å². The highest BCUT2D eigenvalue weighted by Gasteiger charge is 2.11. The van der Waals surface area contributed by atoms with Crippen LogP contribution in [0.4, 0.5) is 5.69 Å². The standard InChI is InChI=1S/C20H17N3O5S/c1-2-28-19(25)13-22-16-5-3-4-6-17(16)29-20(22)21-18(24)12-9-14-7-10-15(11-8-14)23(26)27/h3-12H,2,13H2,1H3. The van der Waals surface area contributed by atoms with E-state index in [1.165, 1.54) is 35.6 Å². The minimum Gasteiger partial charge on any atom is -0.465 e. The number of nitrogens with zero attached hydrogens (tertiary/aromatic N) is 3. The zero-order valence-corrected chi connectivity index (χ0v) is 16.3. The first kappa shape index (κ1) is 20.2. The number of esters is 1. The van der Waals surface area contributed by atoms with Gasteiger partial charge >= 0.3 is 5.97 Å². The number of rotatable bonds is 6. The first-order valence-electron chi connectivity index (χ1n) is 8.73. The molecule has 0 N–H and O–H groups in total. The highest BCUT2D eigenvalue weighted by molar-refractivity contribution is 7.16. The van der Waals surface area contributed by atoms with Crippen molar-refractivity contribution in [1.29, 1.82) is 0 Å². The fourth-order valence-electron chi connectivity index (χ4n) is 2.60. The summed E-state index contributed by atoms with van der Waals surface area (Å²) in [4.78, 5) is 39.0. The Hall–Kier alpha value is -3.59. The Morgan fingerprint density at radius 3 is 2.62 bits per heavy atom. The molecule has 1 amide bonds. The van der Waals surface area contributed by atoms with Crippen LogP contribution in [0.15, 0.2) is 59.6 Å². The summed E-state index contributed by atoms with van der Waals surface area (Å²) in [6, 6.07) is 13.3. The average Bonchev–Trinajstić information content (AvgIpc) is 3.04. The molecule has 148 valence electrons. The number of para-hydroxylation sites is 1. The summed E-state index contributed by atoms with van der Waals surface area (Å²) in [6.45, 7) is 1.95. The zero-order valence-electron chi connectivity index (χ0n) is 15.5.